The second-order valence-electron chi connectivity index (χ2n) is 6.08. The van der Waals surface area contributed by atoms with Gasteiger partial charge in [-0.05, 0) is 49.3 Å². The standard InChI is InChI=1S/C17H23NO2/c1-2-9-17(10-11-20-12-17)18-16(19)15-8-4-6-13-5-3-7-14(13)15/h4,6,8H,2-3,5,7,9-12H2,1H3,(H,18,19). The van der Waals surface area contributed by atoms with Crippen LogP contribution in [-0.4, -0.2) is 24.7 Å². The third-order valence-electron chi connectivity index (χ3n) is 4.60. The van der Waals surface area contributed by atoms with Crippen molar-refractivity contribution in [3.63, 3.8) is 0 Å². The molecule has 1 N–H and O–H groups in total. The highest BCUT2D eigenvalue weighted by Crippen LogP contribution is 2.28. The Morgan fingerprint density at radius 3 is 3.05 bits per heavy atom. The van der Waals surface area contributed by atoms with E-state index in [1.807, 2.05) is 12.1 Å². The first-order valence-corrected chi connectivity index (χ1v) is 7.75. The molecule has 3 nitrogen and oxygen atoms in total. The van der Waals surface area contributed by atoms with Crippen molar-refractivity contribution in [3.8, 4) is 0 Å². The molecule has 0 aromatic heterocycles. The summed E-state index contributed by atoms with van der Waals surface area (Å²) >= 11 is 0. The van der Waals surface area contributed by atoms with Crippen LogP contribution in [-0.2, 0) is 17.6 Å². The summed E-state index contributed by atoms with van der Waals surface area (Å²) in [6.07, 6.45) is 6.31. The van der Waals surface area contributed by atoms with Crippen molar-refractivity contribution in [3.05, 3.63) is 34.9 Å². The number of carbonyl (C=O) groups excluding carboxylic acids is 1. The monoisotopic (exact) mass is 273 g/mol. The molecule has 1 aromatic rings. The molecule has 1 atom stereocenters. The Kier molecular flexibility index (Phi) is 3.79. The van der Waals surface area contributed by atoms with Crippen LogP contribution < -0.4 is 5.32 Å². The fourth-order valence-electron chi connectivity index (χ4n) is 3.58. The molecule has 1 amide bonds. The van der Waals surface area contributed by atoms with E-state index >= 15 is 0 Å². The first kappa shape index (κ1) is 13.6. The number of hydrogen-bond donors (Lipinski definition) is 1. The largest absolute Gasteiger partial charge is 0.379 e. The molecule has 1 aliphatic carbocycles. The lowest BCUT2D eigenvalue weighted by Crippen LogP contribution is -2.49. The summed E-state index contributed by atoms with van der Waals surface area (Å²) in [5.41, 5.74) is 3.34. The molecular formula is C17H23NO2. The number of benzene rings is 1. The van der Waals surface area contributed by atoms with Gasteiger partial charge in [0.2, 0.25) is 0 Å². The van der Waals surface area contributed by atoms with Crippen molar-refractivity contribution in [1.29, 1.82) is 0 Å². The van der Waals surface area contributed by atoms with Crippen LogP contribution in [0.25, 0.3) is 0 Å². The van der Waals surface area contributed by atoms with Crippen LogP contribution in [0.1, 0.15) is 54.1 Å². The Bertz CT molecular complexity index is 504. The Morgan fingerprint density at radius 1 is 1.40 bits per heavy atom. The summed E-state index contributed by atoms with van der Waals surface area (Å²) in [4.78, 5) is 12.7. The molecule has 3 rings (SSSR count). The van der Waals surface area contributed by atoms with Gasteiger partial charge in [0.25, 0.3) is 5.91 Å². The van der Waals surface area contributed by atoms with E-state index in [1.165, 1.54) is 17.5 Å². The van der Waals surface area contributed by atoms with Gasteiger partial charge in [-0.15, -0.1) is 0 Å². The van der Waals surface area contributed by atoms with E-state index in [9.17, 15) is 4.79 Å². The summed E-state index contributed by atoms with van der Waals surface area (Å²) in [6.45, 7) is 3.57. The molecule has 0 saturated carbocycles. The van der Waals surface area contributed by atoms with E-state index in [-0.39, 0.29) is 11.4 Å². The summed E-state index contributed by atoms with van der Waals surface area (Å²) in [5.74, 6) is 0.0858. The minimum atomic E-state index is -0.146. The molecule has 3 heteroatoms. The quantitative estimate of drug-likeness (QED) is 0.916. The molecule has 1 aromatic carbocycles. The average Bonchev–Trinajstić information content (AvgIpc) is 3.07. The fourth-order valence-corrected chi connectivity index (χ4v) is 3.58. The Hall–Kier alpha value is -1.35. The van der Waals surface area contributed by atoms with Crippen molar-refractivity contribution < 1.29 is 9.53 Å². The number of carbonyl (C=O) groups is 1. The van der Waals surface area contributed by atoms with Gasteiger partial charge in [-0.2, -0.15) is 0 Å². The third-order valence-corrected chi connectivity index (χ3v) is 4.60. The Labute approximate surface area is 120 Å². The fraction of sp³-hybridized carbons (Fsp3) is 0.588. The maximum absolute atomic E-state index is 12.7. The Balaban J connectivity index is 1.81. The lowest BCUT2D eigenvalue weighted by Gasteiger charge is -2.29. The molecule has 2 aliphatic rings. The van der Waals surface area contributed by atoms with Crippen LogP contribution in [0.5, 0.6) is 0 Å². The van der Waals surface area contributed by atoms with Crippen molar-refractivity contribution in [2.75, 3.05) is 13.2 Å². The van der Waals surface area contributed by atoms with E-state index in [0.717, 1.165) is 44.3 Å². The van der Waals surface area contributed by atoms with Crippen molar-refractivity contribution in [2.24, 2.45) is 0 Å². The molecule has 1 aliphatic heterocycles. The van der Waals surface area contributed by atoms with Crippen LogP contribution in [0, 0.1) is 0 Å². The minimum absolute atomic E-state index is 0.0858. The van der Waals surface area contributed by atoms with Gasteiger partial charge < -0.3 is 10.1 Å². The van der Waals surface area contributed by atoms with E-state index in [1.54, 1.807) is 0 Å². The molecule has 0 bridgehead atoms. The SMILES string of the molecule is CCCC1(NC(=O)c2cccc3c2CCC3)CCOC1. The molecule has 108 valence electrons. The van der Waals surface area contributed by atoms with Gasteiger partial charge >= 0.3 is 0 Å². The molecular weight excluding hydrogens is 250 g/mol. The molecule has 1 fully saturated rings. The zero-order valence-electron chi connectivity index (χ0n) is 12.2. The number of aryl methyl sites for hydroxylation is 1. The van der Waals surface area contributed by atoms with E-state index in [0.29, 0.717) is 6.61 Å². The molecule has 20 heavy (non-hydrogen) atoms. The normalized spacial score (nSPS) is 24.6. The zero-order valence-corrected chi connectivity index (χ0v) is 12.2. The highest BCUT2D eigenvalue weighted by molar-refractivity contribution is 5.96. The first-order chi connectivity index (χ1) is 9.74. The van der Waals surface area contributed by atoms with E-state index in [4.69, 9.17) is 4.74 Å². The maximum atomic E-state index is 12.7. The second-order valence-corrected chi connectivity index (χ2v) is 6.08. The van der Waals surface area contributed by atoms with Crippen molar-refractivity contribution in [2.45, 2.75) is 51.0 Å². The second kappa shape index (κ2) is 5.57. The highest BCUT2D eigenvalue weighted by atomic mass is 16.5. The van der Waals surface area contributed by atoms with E-state index < -0.39 is 0 Å². The lowest BCUT2D eigenvalue weighted by atomic mass is 9.91. The van der Waals surface area contributed by atoms with Crippen LogP contribution in [0.3, 0.4) is 0 Å². The number of nitrogens with one attached hydrogen (secondary N) is 1. The minimum Gasteiger partial charge on any atom is -0.379 e. The van der Waals surface area contributed by atoms with Gasteiger partial charge in [-0.3, -0.25) is 4.79 Å². The number of hydrogen-bond acceptors (Lipinski definition) is 2. The number of amides is 1. The number of fused-ring (bicyclic) bond motifs is 1. The predicted octanol–water partition coefficient (Wildman–Crippen LogP) is 2.86. The highest BCUT2D eigenvalue weighted by Gasteiger charge is 2.36. The first-order valence-electron chi connectivity index (χ1n) is 7.75. The Morgan fingerprint density at radius 2 is 2.30 bits per heavy atom. The van der Waals surface area contributed by atoms with Gasteiger partial charge in [0.1, 0.15) is 0 Å². The van der Waals surface area contributed by atoms with Gasteiger partial charge in [0, 0.05) is 12.2 Å². The van der Waals surface area contributed by atoms with Crippen LogP contribution in [0.4, 0.5) is 0 Å². The van der Waals surface area contributed by atoms with Crippen molar-refractivity contribution in [1.82, 2.24) is 5.32 Å². The third kappa shape index (κ3) is 2.47. The molecule has 0 spiro atoms. The summed E-state index contributed by atoms with van der Waals surface area (Å²) < 4.78 is 5.53. The van der Waals surface area contributed by atoms with Crippen molar-refractivity contribution >= 4 is 5.91 Å². The topological polar surface area (TPSA) is 38.3 Å². The number of rotatable bonds is 4. The summed E-state index contributed by atoms with van der Waals surface area (Å²) in [6, 6.07) is 6.13. The predicted molar refractivity (Wildman–Crippen MR) is 79.0 cm³/mol. The average molecular weight is 273 g/mol. The smallest absolute Gasteiger partial charge is 0.252 e. The summed E-state index contributed by atoms with van der Waals surface area (Å²) in [5, 5.41) is 3.28. The molecule has 1 unspecified atom stereocenters. The maximum Gasteiger partial charge on any atom is 0.252 e. The lowest BCUT2D eigenvalue weighted by molar-refractivity contribution is 0.0869. The molecule has 1 saturated heterocycles. The van der Waals surface area contributed by atoms with E-state index in [2.05, 4.69) is 18.3 Å². The van der Waals surface area contributed by atoms with Gasteiger partial charge in [-0.1, -0.05) is 25.5 Å². The number of ether oxygens (including phenoxy) is 1. The van der Waals surface area contributed by atoms with Gasteiger partial charge in [0.15, 0.2) is 0 Å². The van der Waals surface area contributed by atoms with Gasteiger partial charge in [0.05, 0.1) is 12.1 Å². The van der Waals surface area contributed by atoms with Crippen LogP contribution in [0.15, 0.2) is 18.2 Å². The summed E-state index contributed by atoms with van der Waals surface area (Å²) in [7, 11) is 0. The molecule has 1 heterocycles. The van der Waals surface area contributed by atoms with Gasteiger partial charge in [-0.25, -0.2) is 0 Å². The van der Waals surface area contributed by atoms with Crippen LogP contribution >= 0.6 is 0 Å². The zero-order chi connectivity index (χ0) is 14.0. The molecule has 0 radical (unpaired) electrons. The van der Waals surface area contributed by atoms with Crippen LogP contribution in [0.2, 0.25) is 0 Å².